The third kappa shape index (κ3) is 5.01. The Bertz CT molecular complexity index is 1020. The van der Waals surface area contributed by atoms with Gasteiger partial charge >= 0.3 is 0 Å². The molecule has 3 aromatic carbocycles. The lowest BCUT2D eigenvalue weighted by atomic mass is 10.1. The first kappa shape index (κ1) is 18.8. The summed E-state index contributed by atoms with van der Waals surface area (Å²) in [7, 11) is 0. The first-order valence-corrected chi connectivity index (χ1v) is 8.51. The smallest absolute Gasteiger partial charge is 0.270 e. The summed E-state index contributed by atoms with van der Waals surface area (Å²) < 4.78 is 0. The number of nitro groups is 1. The first-order chi connectivity index (χ1) is 13.5. The minimum Gasteiger partial charge on any atom is -0.326 e. The Morgan fingerprint density at radius 2 is 1.50 bits per heavy atom. The van der Waals surface area contributed by atoms with Crippen LogP contribution in [0.1, 0.15) is 15.9 Å². The van der Waals surface area contributed by atoms with Crippen molar-refractivity contribution < 1.29 is 14.5 Å². The number of benzene rings is 3. The van der Waals surface area contributed by atoms with Gasteiger partial charge in [-0.1, -0.05) is 42.5 Å². The van der Waals surface area contributed by atoms with Crippen molar-refractivity contribution in [1.82, 2.24) is 0 Å². The van der Waals surface area contributed by atoms with E-state index in [1.54, 1.807) is 24.3 Å². The standard InChI is InChI=1S/C21H17N3O4/c25-20(12-15-6-2-1-3-7-15)22-17-9-5-10-18(14-17)23-21(26)16-8-4-11-19(13-16)24(27)28/h1-11,13-14H,12H2,(H,22,25)(H,23,26). The number of non-ortho nitro benzene ring substituents is 1. The molecule has 0 aliphatic heterocycles. The van der Waals surface area contributed by atoms with Gasteiger partial charge in [0, 0.05) is 29.1 Å². The first-order valence-electron chi connectivity index (χ1n) is 8.51. The third-order valence-electron chi connectivity index (χ3n) is 3.93. The number of rotatable bonds is 6. The number of anilines is 2. The highest BCUT2D eigenvalue weighted by atomic mass is 16.6. The minimum absolute atomic E-state index is 0.158. The molecule has 3 aromatic rings. The average Bonchev–Trinajstić information content (AvgIpc) is 2.69. The Labute approximate surface area is 161 Å². The van der Waals surface area contributed by atoms with Crippen LogP contribution in [0.3, 0.4) is 0 Å². The van der Waals surface area contributed by atoms with Crippen molar-refractivity contribution >= 4 is 28.9 Å². The van der Waals surface area contributed by atoms with E-state index in [0.717, 1.165) is 5.56 Å². The fourth-order valence-corrected chi connectivity index (χ4v) is 2.63. The van der Waals surface area contributed by atoms with Gasteiger partial charge in [-0.15, -0.1) is 0 Å². The molecule has 0 saturated heterocycles. The number of hydrogen-bond donors (Lipinski definition) is 2. The molecule has 2 N–H and O–H groups in total. The Morgan fingerprint density at radius 1 is 0.821 bits per heavy atom. The minimum atomic E-state index is -0.556. The van der Waals surface area contributed by atoms with Gasteiger partial charge in [-0.25, -0.2) is 0 Å². The van der Waals surface area contributed by atoms with Crippen LogP contribution in [-0.4, -0.2) is 16.7 Å². The molecule has 7 nitrogen and oxygen atoms in total. The van der Waals surface area contributed by atoms with E-state index in [0.29, 0.717) is 11.4 Å². The average molecular weight is 375 g/mol. The Kier molecular flexibility index (Phi) is 5.76. The molecule has 3 rings (SSSR count). The fraction of sp³-hybridized carbons (Fsp3) is 0.0476. The summed E-state index contributed by atoms with van der Waals surface area (Å²) in [5, 5.41) is 16.3. The summed E-state index contributed by atoms with van der Waals surface area (Å²) in [5.41, 5.74) is 1.92. The van der Waals surface area contributed by atoms with Gasteiger partial charge in [0.2, 0.25) is 5.91 Å². The molecule has 0 aliphatic carbocycles. The van der Waals surface area contributed by atoms with Crippen LogP contribution in [0.4, 0.5) is 17.1 Å². The highest BCUT2D eigenvalue weighted by Gasteiger charge is 2.12. The summed E-state index contributed by atoms with van der Waals surface area (Å²) in [5.74, 6) is -0.648. The number of carbonyl (C=O) groups excluding carboxylic acids is 2. The molecule has 7 heteroatoms. The van der Waals surface area contributed by atoms with Crippen LogP contribution >= 0.6 is 0 Å². The van der Waals surface area contributed by atoms with Crippen LogP contribution in [0.15, 0.2) is 78.9 Å². The number of nitro benzene ring substituents is 1. The van der Waals surface area contributed by atoms with Crippen LogP contribution in [0.25, 0.3) is 0 Å². The van der Waals surface area contributed by atoms with Crippen molar-refractivity contribution in [3.8, 4) is 0 Å². The van der Waals surface area contributed by atoms with Gasteiger partial charge in [0.25, 0.3) is 11.6 Å². The van der Waals surface area contributed by atoms with Crippen molar-refractivity contribution in [2.24, 2.45) is 0 Å². The zero-order valence-corrected chi connectivity index (χ0v) is 14.8. The van der Waals surface area contributed by atoms with E-state index in [1.165, 1.54) is 24.3 Å². The van der Waals surface area contributed by atoms with Gasteiger partial charge < -0.3 is 10.6 Å². The monoisotopic (exact) mass is 375 g/mol. The maximum atomic E-state index is 12.3. The van der Waals surface area contributed by atoms with E-state index in [-0.39, 0.29) is 23.6 Å². The molecule has 0 saturated carbocycles. The normalized spacial score (nSPS) is 10.1. The second-order valence-electron chi connectivity index (χ2n) is 6.05. The lowest BCUT2D eigenvalue weighted by molar-refractivity contribution is -0.384. The lowest BCUT2D eigenvalue weighted by Crippen LogP contribution is -2.15. The van der Waals surface area contributed by atoms with Crippen LogP contribution in [0, 0.1) is 10.1 Å². The van der Waals surface area contributed by atoms with Gasteiger partial charge in [0.1, 0.15) is 0 Å². The summed E-state index contributed by atoms with van der Waals surface area (Å²) in [6, 6.07) is 21.5. The van der Waals surface area contributed by atoms with E-state index in [2.05, 4.69) is 10.6 Å². The summed E-state index contributed by atoms with van der Waals surface area (Å²) in [4.78, 5) is 34.8. The topological polar surface area (TPSA) is 101 Å². The fourth-order valence-electron chi connectivity index (χ4n) is 2.63. The molecule has 0 heterocycles. The van der Waals surface area contributed by atoms with E-state index < -0.39 is 10.8 Å². The molecule has 140 valence electrons. The van der Waals surface area contributed by atoms with E-state index in [1.807, 2.05) is 30.3 Å². The molecule has 0 atom stereocenters. The Morgan fingerprint density at radius 3 is 2.21 bits per heavy atom. The van der Waals surface area contributed by atoms with Crippen LogP contribution in [-0.2, 0) is 11.2 Å². The Hall–Kier alpha value is -4.00. The highest BCUT2D eigenvalue weighted by Crippen LogP contribution is 2.18. The van der Waals surface area contributed by atoms with Crippen molar-refractivity contribution in [2.75, 3.05) is 10.6 Å². The zero-order valence-electron chi connectivity index (χ0n) is 14.8. The molecule has 0 unspecified atom stereocenters. The maximum Gasteiger partial charge on any atom is 0.270 e. The number of nitrogens with zero attached hydrogens (tertiary/aromatic N) is 1. The van der Waals surface area contributed by atoms with Gasteiger partial charge in [-0.2, -0.15) is 0 Å². The van der Waals surface area contributed by atoms with Crippen LogP contribution in [0.5, 0.6) is 0 Å². The molecule has 0 aromatic heterocycles. The number of hydrogen-bond acceptors (Lipinski definition) is 4. The maximum absolute atomic E-state index is 12.3. The molecule has 0 bridgehead atoms. The van der Waals surface area contributed by atoms with Crippen LogP contribution < -0.4 is 10.6 Å². The SMILES string of the molecule is O=C(Cc1ccccc1)Nc1cccc(NC(=O)c2cccc([N+](=O)[O-])c2)c1. The van der Waals surface area contributed by atoms with E-state index >= 15 is 0 Å². The summed E-state index contributed by atoms with van der Waals surface area (Å²) >= 11 is 0. The summed E-state index contributed by atoms with van der Waals surface area (Å²) in [6.45, 7) is 0. The molecule has 0 spiro atoms. The number of carbonyl (C=O) groups is 2. The molecule has 0 radical (unpaired) electrons. The van der Waals surface area contributed by atoms with Crippen molar-refractivity contribution in [2.45, 2.75) is 6.42 Å². The summed E-state index contributed by atoms with van der Waals surface area (Å²) in [6.07, 6.45) is 0.241. The van der Waals surface area contributed by atoms with Gasteiger partial charge in [-0.3, -0.25) is 19.7 Å². The van der Waals surface area contributed by atoms with Crippen molar-refractivity contribution in [3.63, 3.8) is 0 Å². The predicted octanol–water partition coefficient (Wildman–Crippen LogP) is 4.03. The molecule has 0 aliphatic rings. The predicted molar refractivity (Wildman–Crippen MR) is 106 cm³/mol. The van der Waals surface area contributed by atoms with Gasteiger partial charge in [0.05, 0.1) is 11.3 Å². The highest BCUT2D eigenvalue weighted by molar-refractivity contribution is 6.05. The molecular weight excluding hydrogens is 358 g/mol. The molecule has 28 heavy (non-hydrogen) atoms. The number of amides is 2. The lowest BCUT2D eigenvalue weighted by Gasteiger charge is -2.09. The van der Waals surface area contributed by atoms with Gasteiger partial charge in [-0.05, 0) is 29.8 Å². The zero-order chi connectivity index (χ0) is 19.9. The quantitative estimate of drug-likeness (QED) is 0.502. The van der Waals surface area contributed by atoms with E-state index in [9.17, 15) is 19.7 Å². The number of nitrogens with one attached hydrogen (secondary N) is 2. The molecule has 0 fully saturated rings. The van der Waals surface area contributed by atoms with Crippen molar-refractivity contribution in [3.05, 3.63) is 100 Å². The van der Waals surface area contributed by atoms with E-state index in [4.69, 9.17) is 0 Å². The third-order valence-corrected chi connectivity index (χ3v) is 3.93. The van der Waals surface area contributed by atoms with Gasteiger partial charge in [0.15, 0.2) is 0 Å². The molecular formula is C21H17N3O4. The largest absolute Gasteiger partial charge is 0.326 e. The Balaban J connectivity index is 1.66. The molecule has 2 amide bonds. The van der Waals surface area contributed by atoms with Crippen LogP contribution in [0.2, 0.25) is 0 Å². The second kappa shape index (κ2) is 8.59. The second-order valence-corrected chi connectivity index (χ2v) is 6.05. The van der Waals surface area contributed by atoms with Crippen molar-refractivity contribution in [1.29, 1.82) is 0 Å².